The third-order valence-corrected chi connectivity index (χ3v) is 11.3. The van der Waals surface area contributed by atoms with Gasteiger partial charge in [-0.15, -0.1) is 0 Å². The topological polar surface area (TPSA) is 14.2 Å². The number of alkyl halides is 3. The van der Waals surface area contributed by atoms with Crippen molar-refractivity contribution in [2.24, 2.45) is 0 Å². The Hall–Kier alpha value is -7.43. The number of hydrogen-bond donors (Lipinski definition) is 0. The summed E-state index contributed by atoms with van der Waals surface area (Å²) in [4.78, 5) is 3.45. The SMILES string of the molecule is [C-]#[N+]c1cc(F)cc(-n2c3cc(C(F)(F)F)ccc3c3cc4c5ccccc5n(-c5ccc(C(c6ccccc6)(c6ccccc6)c6ccccc6)cc5)c4cc32)c1. The van der Waals surface area contributed by atoms with Crippen molar-refractivity contribution >= 4 is 49.3 Å². The number of halogens is 4. The van der Waals surface area contributed by atoms with E-state index < -0.39 is 23.0 Å². The van der Waals surface area contributed by atoms with E-state index in [0.29, 0.717) is 16.3 Å². The zero-order valence-corrected chi connectivity index (χ0v) is 30.8. The molecule has 0 bridgehead atoms. The van der Waals surface area contributed by atoms with E-state index in [0.717, 1.165) is 67.9 Å². The molecule has 2 heterocycles. The van der Waals surface area contributed by atoms with Gasteiger partial charge in [-0.2, -0.15) is 13.2 Å². The molecule has 0 aliphatic rings. The average Bonchev–Trinajstić information content (AvgIpc) is 3.75. The summed E-state index contributed by atoms with van der Waals surface area (Å²) in [6, 6.07) is 59.7. The fourth-order valence-electron chi connectivity index (χ4n) is 8.89. The highest BCUT2D eigenvalue weighted by molar-refractivity contribution is 6.19. The zero-order chi connectivity index (χ0) is 39.6. The summed E-state index contributed by atoms with van der Waals surface area (Å²) in [6.07, 6.45) is -4.60. The van der Waals surface area contributed by atoms with E-state index in [4.69, 9.17) is 6.57 Å². The molecule has 0 aliphatic carbocycles. The van der Waals surface area contributed by atoms with Crippen molar-refractivity contribution in [3.05, 3.63) is 233 Å². The summed E-state index contributed by atoms with van der Waals surface area (Å²) in [5, 5.41) is 3.18. The molecule has 3 nitrogen and oxygen atoms in total. The molecular weight excluding hydrogens is 731 g/mol. The van der Waals surface area contributed by atoms with Crippen molar-refractivity contribution in [3.63, 3.8) is 0 Å². The molecule has 0 radical (unpaired) electrons. The van der Waals surface area contributed by atoms with E-state index in [1.54, 1.807) is 4.57 Å². The van der Waals surface area contributed by atoms with Crippen LogP contribution in [0, 0.1) is 12.4 Å². The van der Waals surface area contributed by atoms with Crippen molar-refractivity contribution in [3.8, 4) is 11.4 Å². The predicted molar refractivity (Wildman–Crippen MR) is 225 cm³/mol. The minimum atomic E-state index is -4.60. The second-order valence-corrected chi connectivity index (χ2v) is 14.5. The van der Waals surface area contributed by atoms with E-state index >= 15 is 4.39 Å². The Kier molecular flexibility index (Phi) is 8.06. The number of hydrogen-bond acceptors (Lipinski definition) is 0. The third-order valence-electron chi connectivity index (χ3n) is 11.3. The maximum Gasteiger partial charge on any atom is 0.416 e. The Labute approximate surface area is 331 Å². The molecule has 0 atom stereocenters. The molecule has 58 heavy (non-hydrogen) atoms. The van der Waals surface area contributed by atoms with Crippen molar-refractivity contribution in [2.75, 3.05) is 0 Å². The molecule has 0 amide bonds. The summed E-state index contributed by atoms with van der Waals surface area (Å²) in [5.74, 6) is -0.654. The van der Waals surface area contributed by atoms with Crippen LogP contribution in [0.25, 0.3) is 59.8 Å². The van der Waals surface area contributed by atoms with E-state index in [1.807, 2.05) is 42.5 Å². The Bertz CT molecular complexity index is 3110. The smallest absolute Gasteiger partial charge is 0.310 e. The zero-order valence-electron chi connectivity index (χ0n) is 30.8. The molecule has 7 heteroatoms. The number of benzene rings is 8. The number of aromatic nitrogens is 2. The number of nitrogens with zero attached hydrogens (tertiary/aromatic N) is 3. The van der Waals surface area contributed by atoms with Crippen LogP contribution in [-0.4, -0.2) is 9.13 Å². The van der Waals surface area contributed by atoms with Crippen LogP contribution in [0.3, 0.4) is 0 Å². The standard InChI is InChI=1S/C51H31F4N3/c1-56-39-28-38(52)29-41(30-39)58-47-27-37(51(53,54)55)23-26-43(47)45-31-44-42-19-11-12-20-46(42)57(48(44)32-49(45)58)40-24-21-36(22-25-40)50(33-13-5-2-6-14-33,34-15-7-3-8-16-34)35-17-9-4-10-18-35/h2-32H. The van der Waals surface area contributed by atoms with Gasteiger partial charge in [0, 0.05) is 32.9 Å². The molecule has 10 rings (SSSR count). The molecule has 0 unspecified atom stereocenters. The minimum absolute atomic E-state index is 0.0461. The summed E-state index contributed by atoms with van der Waals surface area (Å²) < 4.78 is 61.3. The molecule has 278 valence electrons. The highest BCUT2D eigenvalue weighted by Gasteiger charge is 2.38. The Morgan fingerprint density at radius 1 is 0.397 bits per heavy atom. The van der Waals surface area contributed by atoms with Crippen LogP contribution in [0.5, 0.6) is 0 Å². The maximum atomic E-state index is 15.1. The Balaban J connectivity index is 1.25. The van der Waals surface area contributed by atoms with E-state index in [9.17, 15) is 13.2 Å². The van der Waals surface area contributed by atoms with Crippen molar-refractivity contribution in [1.82, 2.24) is 9.13 Å². The van der Waals surface area contributed by atoms with Gasteiger partial charge >= 0.3 is 6.18 Å². The molecule has 0 N–H and O–H groups in total. The molecule has 2 aromatic heterocycles. The van der Waals surface area contributed by atoms with Gasteiger partial charge in [0.05, 0.1) is 39.6 Å². The normalized spacial score (nSPS) is 12.1. The van der Waals surface area contributed by atoms with Crippen LogP contribution in [0.4, 0.5) is 23.2 Å². The molecule has 0 saturated heterocycles. The van der Waals surface area contributed by atoms with Crippen LogP contribution < -0.4 is 0 Å². The fraction of sp³-hybridized carbons (Fsp3) is 0.0392. The number of rotatable bonds is 6. The van der Waals surface area contributed by atoms with Gasteiger partial charge in [0.25, 0.3) is 0 Å². The summed E-state index contributed by atoms with van der Waals surface area (Å²) >= 11 is 0. The first-order chi connectivity index (χ1) is 28.3. The van der Waals surface area contributed by atoms with Gasteiger partial charge in [0.1, 0.15) is 5.82 Å². The lowest BCUT2D eigenvalue weighted by molar-refractivity contribution is -0.137. The van der Waals surface area contributed by atoms with Gasteiger partial charge < -0.3 is 9.13 Å². The Morgan fingerprint density at radius 2 is 0.879 bits per heavy atom. The quantitative estimate of drug-likeness (QED) is 0.0910. The second-order valence-electron chi connectivity index (χ2n) is 14.5. The number of fused-ring (bicyclic) bond motifs is 6. The first-order valence-electron chi connectivity index (χ1n) is 18.8. The summed E-state index contributed by atoms with van der Waals surface area (Å²) in [6.45, 7) is 7.59. The lowest BCUT2D eigenvalue weighted by Gasteiger charge is -2.37. The van der Waals surface area contributed by atoms with Crippen LogP contribution >= 0.6 is 0 Å². The largest absolute Gasteiger partial charge is 0.416 e. The maximum absolute atomic E-state index is 15.1. The van der Waals surface area contributed by atoms with Crippen molar-refractivity contribution in [2.45, 2.75) is 11.6 Å². The minimum Gasteiger partial charge on any atom is -0.310 e. The van der Waals surface area contributed by atoms with Crippen LogP contribution in [0.1, 0.15) is 27.8 Å². The summed E-state index contributed by atoms with van der Waals surface area (Å²) in [7, 11) is 0. The third kappa shape index (κ3) is 5.41. The highest BCUT2D eigenvalue weighted by Crippen LogP contribution is 2.46. The molecular formula is C51H31F4N3. The van der Waals surface area contributed by atoms with Gasteiger partial charge in [-0.25, -0.2) is 9.24 Å². The molecule has 10 aromatic rings. The first kappa shape index (κ1) is 35.0. The van der Waals surface area contributed by atoms with E-state index in [2.05, 4.69) is 119 Å². The van der Waals surface area contributed by atoms with Crippen LogP contribution in [0.2, 0.25) is 0 Å². The van der Waals surface area contributed by atoms with Gasteiger partial charge in [0.15, 0.2) is 5.69 Å². The number of para-hydroxylation sites is 1. The monoisotopic (exact) mass is 761 g/mol. The first-order valence-corrected chi connectivity index (χ1v) is 18.8. The van der Waals surface area contributed by atoms with Crippen molar-refractivity contribution < 1.29 is 17.6 Å². The van der Waals surface area contributed by atoms with Crippen molar-refractivity contribution in [1.29, 1.82) is 0 Å². The molecule has 0 spiro atoms. The van der Waals surface area contributed by atoms with Gasteiger partial charge in [-0.3, -0.25) is 0 Å². The lowest BCUT2D eigenvalue weighted by Crippen LogP contribution is -2.30. The molecule has 0 fully saturated rings. The predicted octanol–water partition coefficient (Wildman–Crippen LogP) is 14.0. The van der Waals surface area contributed by atoms with Gasteiger partial charge in [0.2, 0.25) is 0 Å². The Morgan fingerprint density at radius 3 is 1.45 bits per heavy atom. The van der Waals surface area contributed by atoms with E-state index in [1.165, 1.54) is 18.2 Å². The lowest BCUT2D eigenvalue weighted by atomic mass is 9.65. The van der Waals surface area contributed by atoms with Gasteiger partial charge in [-0.1, -0.05) is 127 Å². The fourth-order valence-corrected chi connectivity index (χ4v) is 8.89. The summed E-state index contributed by atoms with van der Waals surface area (Å²) in [5.41, 5.74) is 6.81. The highest BCUT2D eigenvalue weighted by atomic mass is 19.4. The van der Waals surface area contributed by atoms with E-state index in [-0.39, 0.29) is 16.9 Å². The molecule has 0 aliphatic heterocycles. The molecule has 8 aromatic carbocycles. The average molecular weight is 762 g/mol. The van der Waals surface area contributed by atoms with Gasteiger partial charge in [-0.05, 0) is 82.9 Å². The van der Waals surface area contributed by atoms with Crippen LogP contribution in [-0.2, 0) is 11.6 Å². The van der Waals surface area contributed by atoms with Crippen LogP contribution in [0.15, 0.2) is 188 Å². The molecule has 0 saturated carbocycles. The second kappa shape index (κ2) is 13.4.